The molecule has 0 fully saturated rings. The van der Waals surface area contributed by atoms with Crippen LogP contribution in [0.2, 0.25) is 10.0 Å². The minimum Gasteiger partial charge on any atom is -0.364 e. The third kappa shape index (κ3) is 4.10. The van der Waals surface area contributed by atoms with Gasteiger partial charge >= 0.3 is 0 Å². The summed E-state index contributed by atoms with van der Waals surface area (Å²) < 4.78 is 1.67. The van der Waals surface area contributed by atoms with Crippen molar-refractivity contribution in [1.29, 1.82) is 0 Å². The average molecular weight is 420 g/mol. The van der Waals surface area contributed by atoms with E-state index in [9.17, 15) is 4.79 Å². The Kier molecular flexibility index (Phi) is 6.05. The van der Waals surface area contributed by atoms with E-state index < -0.39 is 5.91 Å². The number of aromatic nitrogens is 2. The van der Waals surface area contributed by atoms with Gasteiger partial charge in [0, 0.05) is 15.5 Å². The molecule has 27 heavy (non-hydrogen) atoms. The number of nitrogens with zero attached hydrogens (tertiary/aromatic N) is 2. The van der Waals surface area contributed by atoms with E-state index in [4.69, 9.17) is 28.9 Å². The number of unbranched alkanes of at least 4 members (excludes halogenated alkanes) is 1. The van der Waals surface area contributed by atoms with Crippen molar-refractivity contribution in [3.63, 3.8) is 0 Å². The second-order valence-electron chi connectivity index (χ2n) is 6.09. The highest BCUT2D eigenvalue weighted by molar-refractivity contribution is 7.16. The Bertz CT molecular complexity index is 1020. The van der Waals surface area contributed by atoms with Gasteiger partial charge in [0.2, 0.25) is 0 Å². The first kappa shape index (κ1) is 19.7. The number of hydrogen-bond acceptors (Lipinski definition) is 3. The lowest BCUT2D eigenvalue weighted by Crippen LogP contribution is -2.13. The van der Waals surface area contributed by atoms with E-state index in [1.807, 2.05) is 13.0 Å². The molecule has 2 N–H and O–H groups in total. The third-order valence-corrected chi connectivity index (χ3v) is 5.69. The van der Waals surface area contributed by atoms with Gasteiger partial charge in [-0.15, -0.1) is 11.3 Å². The molecule has 3 aromatic rings. The molecule has 1 amide bonds. The number of rotatable bonds is 6. The number of amides is 1. The number of carbonyl (C=O) groups is 1. The van der Waals surface area contributed by atoms with Crippen molar-refractivity contribution in [2.75, 3.05) is 0 Å². The maximum atomic E-state index is 11.9. The average Bonchev–Trinajstić information content (AvgIpc) is 3.19. The van der Waals surface area contributed by atoms with Crippen LogP contribution in [0.5, 0.6) is 0 Å². The zero-order valence-electron chi connectivity index (χ0n) is 15.0. The smallest absolute Gasteiger partial charge is 0.269 e. The Labute approximate surface area is 172 Å². The van der Waals surface area contributed by atoms with Crippen LogP contribution in [0.4, 0.5) is 0 Å². The van der Waals surface area contributed by atoms with E-state index in [0.717, 1.165) is 33.9 Å². The highest BCUT2D eigenvalue weighted by Crippen LogP contribution is 2.36. The molecule has 0 aliphatic heterocycles. The molecule has 1 aromatic carbocycles. The van der Waals surface area contributed by atoms with Gasteiger partial charge in [0.05, 0.1) is 21.3 Å². The standard InChI is InChI=1S/C20H19Cl2N3OS/c1-3-4-5-6-14-8-10-17(27-14)19-12(2)18(20(23)26)24-25(19)16-9-7-13(21)11-15(16)22/h5-11H,3-4H2,1-2H3,(H2,23,26)/b6-5+. The molecule has 0 atom stereocenters. The quantitative estimate of drug-likeness (QED) is 0.522. The third-order valence-electron chi connectivity index (χ3n) is 4.09. The van der Waals surface area contributed by atoms with Gasteiger partial charge < -0.3 is 5.73 Å². The second-order valence-corrected chi connectivity index (χ2v) is 8.05. The van der Waals surface area contributed by atoms with Gasteiger partial charge in [-0.2, -0.15) is 5.10 Å². The van der Waals surface area contributed by atoms with E-state index in [1.165, 1.54) is 0 Å². The lowest BCUT2D eigenvalue weighted by molar-refractivity contribution is 0.0994. The number of thiophene rings is 1. The molecule has 2 heterocycles. The molecule has 2 aromatic heterocycles. The summed E-state index contributed by atoms with van der Waals surface area (Å²) in [5, 5.41) is 5.41. The van der Waals surface area contributed by atoms with Gasteiger partial charge in [0.15, 0.2) is 5.69 Å². The fourth-order valence-corrected chi connectivity index (χ4v) is 4.30. The highest BCUT2D eigenvalue weighted by Gasteiger charge is 2.22. The molecule has 4 nitrogen and oxygen atoms in total. The van der Waals surface area contributed by atoms with E-state index in [1.54, 1.807) is 34.2 Å². The number of allylic oxidation sites excluding steroid dienone is 1. The van der Waals surface area contributed by atoms with E-state index in [2.05, 4.69) is 30.2 Å². The van der Waals surface area contributed by atoms with Crippen LogP contribution < -0.4 is 5.73 Å². The molecule has 0 aliphatic carbocycles. The lowest BCUT2D eigenvalue weighted by Gasteiger charge is -2.09. The van der Waals surface area contributed by atoms with Crippen molar-refractivity contribution in [2.24, 2.45) is 5.73 Å². The Morgan fingerprint density at radius 2 is 2.07 bits per heavy atom. The maximum absolute atomic E-state index is 11.9. The summed E-state index contributed by atoms with van der Waals surface area (Å²) in [6.07, 6.45) is 6.41. The Morgan fingerprint density at radius 3 is 2.74 bits per heavy atom. The normalized spacial score (nSPS) is 11.4. The van der Waals surface area contributed by atoms with E-state index in [-0.39, 0.29) is 5.69 Å². The summed E-state index contributed by atoms with van der Waals surface area (Å²) >= 11 is 14.0. The van der Waals surface area contributed by atoms with Gasteiger partial charge in [-0.25, -0.2) is 4.68 Å². The minimum absolute atomic E-state index is 0.229. The van der Waals surface area contributed by atoms with Crippen molar-refractivity contribution >= 4 is 46.5 Å². The molecule has 0 spiro atoms. The Morgan fingerprint density at radius 1 is 1.30 bits per heavy atom. The number of primary amides is 1. The second kappa shape index (κ2) is 8.30. The first-order chi connectivity index (χ1) is 12.9. The molecule has 7 heteroatoms. The molecule has 3 rings (SSSR count). The zero-order chi connectivity index (χ0) is 19.6. The first-order valence-electron chi connectivity index (χ1n) is 8.54. The van der Waals surface area contributed by atoms with Gasteiger partial charge in [0.25, 0.3) is 5.91 Å². The first-order valence-corrected chi connectivity index (χ1v) is 10.1. The molecule has 0 bridgehead atoms. The predicted octanol–water partition coefficient (Wildman–Crippen LogP) is 6.13. The summed E-state index contributed by atoms with van der Waals surface area (Å²) in [5.74, 6) is -0.572. The highest BCUT2D eigenvalue weighted by atomic mass is 35.5. The van der Waals surface area contributed by atoms with Gasteiger partial charge in [-0.05, 0) is 49.8 Å². The van der Waals surface area contributed by atoms with E-state index in [0.29, 0.717) is 15.7 Å². The predicted molar refractivity (Wildman–Crippen MR) is 114 cm³/mol. The van der Waals surface area contributed by atoms with Crippen LogP contribution in [0.1, 0.15) is 40.7 Å². The largest absolute Gasteiger partial charge is 0.364 e. The van der Waals surface area contributed by atoms with Crippen molar-refractivity contribution in [3.05, 3.63) is 62.6 Å². The van der Waals surface area contributed by atoms with Gasteiger partial charge in [-0.3, -0.25) is 4.79 Å². The van der Waals surface area contributed by atoms with Crippen molar-refractivity contribution < 1.29 is 4.79 Å². The van der Waals surface area contributed by atoms with Crippen molar-refractivity contribution in [3.8, 4) is 16.3 Å². The Balaban J connectivity index is 2.15. The number of benzene rings is 1. The molecule has 0 aliphatic rings. The van der Waals surface area contributed by atoms with E-state index >= 15 is 0 Å². The fourth-order valence-electron chi connectivity index (χ4n) is 2.78. The van der Waals surface area contributed by atoms with Crippen LogP contribution in [0.15, 0.2) is 36.4 Å². The monoisotopic (exact) mass is 419 g/mol. The Hall–Kier alpha value is -2.08. The van der Waals surface area contributed by atoms with Crippen molar-refractivity contribution in [1.82, 2.24) is 9.78 Å². The van der Waals surface area contributed by atoms with Gasteiger partial charge in [0.1, 0.15) is 0 Å². The van der Waals surface area contributed by atoms with Crippen molar-refractivity contribution in [2.45, 2.75) is 26.7 Å². The molecule has 140 valence electrons. The zero-order valence-corrected chi connectivity index (χ0v) is 17.3. The summed E-state index contributed by atoms with van der Waals surface area (Å²) in [6.45, 7) is 3.99. The van der Waals surface area contributed by atoms with Gasteiger partial charge in [-0.1, -0.05) is 42.6 Å². The molecule has 0 unspecified atom stereocenters. The SMILES string of the molecule is CCC/C=C/c1ccc(-c2c(C)c(C(N)=O)nn2-c2ccc(Cl)cc2Cl)s1. The minimum atomic E-state index is -0.572. The van der Waals surface area contributed by atoms with Crippen LogP contribution in [0.3, 0.4) is 0 Å². The summed E-state index contributed by atoms with van der Waals surface area (Å²) in [7, 11) is 0. The topological polar surface area (TPSA) is 60.9 Å². The summed E-state index contributed by atoms with van der Waals surface area (Å²) in [6, 6.07) is 9.24. The number of hydrogen-bond donors (Lipinski definition) is 1. The molecular weight excluding hydrogens is 401 g/mol. The summed E-state index contributed by atoms with van der Waals surface area (Å²) in [4.78, 5) is 14.0. The molecule has 0 saturated heterocycles. The van der Waals surface area contributed by atoms with Crippen LogP contribution in [-0.2, 0) is 0 Å². The van der Waals surface area contributed by atoms with Crippen LogP contribution >= 0.6 is 34.5 Å². The number of halogens is 2. The number of nitrogens with two attached hydrogens (primary N) is 1. The molecule has 0 radical (unpaired) electrons. The fraction of sp³-hybridized carbons (Fsp3) is 0.200. The number of carbonyl (C=O) groups excluding carboxylic acids is 1. The van der Waals surface area contributed by atoms with Crippen LogP contribution in [0.25, 0.3) is 22.3 Å². The maximum Gasteiger partial charge on any atom is 0.269 e. The lowest BCUT2D eigenvalue weighted by atomic mass is 10.1. The molecular formula is C20H19Cl2N3OS. The van der Waals surface area contributed by atoms with Crippen LogP contribution in [-0.4, -0.2) is 15.7 Å². The van der Waals surface area contributed by atoms with Crippen LogP contribution in [0, 0.1) is 6.92 Å². The molecule has 0 saturated carbocycles. The summed E-state index contributed by atoms with van der Waals surface area (Å²) in [5.41, 5.74) is 7.92.